The number of hydrogen-bond acceptors (Lipinski definition) is 2. The van der Waals surface area contributed by atoms with Crippen LogP contribution in [0.15, 0.2) is 42.5 Å². The zero-order valence-electron chi connectivity index (χ0n) is 20.5. The summed E-state index contributed by atoms with van der Waals surface area (Å²) in [5.74, 6) is 0.992. The van der Waals surface area contributed by atoms with Gasteiger partial charge in [0.05, 0.1) is 6.10 Å². The van der Waals surface area contributed by atoms with E-state index in [-0.39, 0.29) is 12.1 Å². The normalized spacial score (nSPS) is 13.5. The van der Waals surface area contributed by atoms with E-state index in [1.54, 1.807) is 0 Å². The van der Waals surface area contributed by atoms with Crippen LogP contribution >= 0.6 is 0 Å². The van der Waals surface area contributed by atoms with Crippen LogP contribution in [0, 0.1) is 5.92 Å². The quantitative estimate of drug-likeness (QED) is 0.205. The number of benzene rings is 1. The summed E-state index contributed by atoms with van der Waals surface area (Å²) in [6, 6.07) is 10.9. The summed E-state index contributed by atoms with van der Waals surface area (Å²) in [4.78, 5) is 11.0. The van der Waals surface area contributed by atoms with Crippen molar-refractivity contribution in [3.05, 3.63) is 48.0 Å². The van der Waals surface area contributed by atoms with Gasteiger partial charge in [0.15, 0.2) is 0 Å². The van der Waals surface area contributed by atoms with E-state index < -0.39 is 0 Å². The Hall–Kier alpha value is -1.57. The first-order valence-corrected chi connectivity index (χ1v) is 12.5. The first-order chi connectivity index (χ1) is 14.6. The lowest BCUT2D eigenvalue weighted by atomic mass is 9.98. The fourth-order valence-corrected chi connectivity index (χ4v) is 3.74. The number of unbranched alkanes of at least 4 members (excludes halogenated alkanes) is 3. The number of hydrogen-bond donors (Lipinski definition) is 0. The van der Waals surface area contributed by atoms with Crippen molar-refractivity contribution in [2.75, 3.05) is 0 Å². The number of aryl methyl sites for hydroxylation is 1. The van der Waals surface area contributed by atoms with Crippen molar-refractivity contribution in [3.8, 4) is 0 Å². The molecule has 2 rings (SSSR count). The molecule has 0 radical (unpaired) electrons. The minimum atomic E-state index is -0.0884. The molecule has 1 saturated carbocycles. The highest BCUT2D eigenvalue weighted by Crippen LogP contribution is 2.29. The third kappa shape index (κ3) is 17.3. The van der Waals surface area contributed by atoms with Crippen LogP contribution < -0.4 is 0 Å². The van der Waals surface area contributed by atoms with E-state index in [0.717, 1.165) is 18.8 Å². The molecule has 30 heavy (non-hydrogen) atoms. The maximum atomic E-state index is 11.0. The van der Waals surface area contributed by atoms with Crippen molar-refractivity contribution in [1.82, 2.24) is 0 Å². The van der Waals surface area contributed by atoms with Gasteiger partial charge in [-0.1, -0.05) is 101 Å². The number of ether oxygens (including phenoxy) is 1. The van der Waals surface area contributed by atoms with E-state index in [1.807, 2.05) is 40.7 Å². The molecule has 0 atom stereocenters. The van der Waals surface area contributed by atoms with E-state index in [0.29, 0.717) is 6.42 Å². The van der Waals surface area contributed by atoms with Crippen molar-refractivity contribution >= 4 is 5.97 Å². The molecule has 0 amide bonds. The van der Waals surface area contributed by atoms with Gasteiger partial charge in [-0.2, -0.15) is 0 Å². The minimum absolute atomic E-state index is 0.0132. The predicted molar refractivity (Wildman–Crippen MR) is 132 cm³/mol. The maximum Gasteiger partial charge on any atom is 0.306 e. The summed E-state index contributed by atoms with van der Waals surface area (Å²) < 4.78 is 4.97. The first-order valence-electron chi connectivity index (χ1n) is 12.5. The fourth-order valence-electron chi connectivity index (χ4n) is 3.74. The number of esters is 1. The summed E-state index contributed by atoms with van der Waals surface area (Å²) >= 11 is 0. The summed E-state index contributed by atoms with van der Waals surface area (Å²) in [5.41, 5.74) is 1.50. The Morgan fingerprint density at radius 3 is 2.30 bits per heavy atom. The lowest BCUT2D eigenvalue weighted by Crippen LogP contribution is -2.10. The highest BCUT2D eigenvalue weighted by Gasteiger charge is 2.13. The van der Waals surface area contributed by atoms with Gasteiger partial charge in [0.1, 0.15) is 0 Å². The molecule has 0 heterocycles. The minimum Gasteiger partial charge on any atom is -0.463 e. The van der Waals surface area contributed by atoms with Gasteiger partial charge in [0, 0.05) is 6.42 Å². The Morgan fingerprint density at radius 1 is 1.03 bits per heavy atom. The first kappa shape index (κ1) is 28.4. The Bertz CT molecular complexity index is 513. The smallest absolute Gasteiger partial charge is 0.306 e. The number of rotatable bonds is 11. The molecule has 1 aliphatic carbocycles. The molecule has 0 aliphatic heterocycles. The Morgan fingerprint density at radius 2 is 1.70 bits per heavy atom. The predicted octanol–water partition coefficient (Wildman–Crippen LogP) is 8.69. The van der Waals surface area contributed by atoms with E-state index in [1.165, 1.54) is 63.4 Å². The number of allylic oxidation sites excluding steroid dienone is 2. The van der Waals surface area contributed by atoms with Crippen LogP contribution in [-0.2, 0) is 16.0 Å². The molecular weight excluding hydrogens is 368 g/mol. The fraction of sp³-hybridized carbons (Fsp3) is 0.679. The number of carbonyl (C=O) groups excluding carboxylic acids is 1. The molecule has 0 saturated heterocycles. The Kier molecular flexibility index (Phi) is 19.6. The standard InChI is InChI=1S/C16H24.C10H18O2.C2H6/c1-3-9-15(10-4-1)11-5-2-6-12-16-13-7-8-14-16;1-4-5-6-7-8-10(11)12-9(2)3;1-2/h1,3-4,9-10,16H,2,5-8,11-14H2;4-5,9H,6-8H2,1-3H3;1-2H3/b;5-4-;. The SMILES string of the molecule is C/C=C\CCCC(=O)OC(C)C.CC.c1ccc(CCCCCC2CCCC2)cc1. The second-order valence-corrected chi connectivity index (χ2v) is 8.24. The maximum absolute atomic E-state index is 11.0. The van der Waals surface area contributed by atoms with Gasteiger partial charge in [-0.25, -0.2) is 0 Å². The highest BCUT2D eigenvalue weighted by atomic mass is 16.5. The van der Waals surface area contributed by atoms with Crippen LogP contribution in [-0.4, -0.2) is 12.1 Å². The van der Waals surface area contributed by atoms with Crippen LogP contribution in [0.4, 0.5) is 0 Å². The summed E-state index contributed by atoms with van der Waals surface area (Å²) in [6.07, 6.45) is 19.5. The lowest BCUT2D eigenvalue weighted by molar-refractivity contribution is -0.147. The van der Waals surface area contributed by atoms with Gasteiger partial charge >= 0.3 is 5.97 Å². The van der Waals surface area contributed by atoms with Crippen molar-refractivity contribution in [1.29, 1.82) is 0 Å². The summed E-state index contributed by atoms with van der Waals surface area (Å²) in [6.45, 7) is 9.71. The topological polar surface area (TPSA) is 26.3 Å². The lowest BCUT2D eigenvalue weighted by Gasteiger charge is -2.07. The van der Waals surface area contributed by atoms with Gasteiger partial charge in [-0.05, 0) is 57.9 Å². The average Bonchev–Trinajstić information content (AvgIpc) is 3.27. The van der Waals surface area contributed by atoms with Crippen LogP contribution in [0.25, 0.3) is 0 Å². The number of carbonyl (C=O) groups is 1. The zero-order chi connectivity index (χ0) is 22.5. The van der Waals surface area contributed by atoms with E-state index >= 15 is 0 Å². The third-order valence-electron chi connectivity index (χ3n) is 5.25. The second-order valence-electron chi connectivity index (χ2n) is 8.24. The van der Waals surface area contributed by atoms with E-state index in [4.69, 9.17) is 4.74 Å². The molecule has 1 aliphatic rings. The molecule has 0 N–H and O–H groups in total. The van der Waals surface area contributed by atoms with Crippen LogP contribution in [0.2, 0.25) is 0 Å². The van der Waals surface area contributed by atoms with E-state index in [9.17, 15) is 4.79 Å². The average molecular weight is 417 g/mol. The monoisotopic (exact) mass is 416 g/mol. The van der Waals surface area contributed by atoms with Crippen LogP contribution in [0.5, 0.6) is 0 Å². The molecule has 0 bridgehead atoms. The molecule has 0 spiro atoms. The molecule has 1 fully saturated rings. The Balaban J connectivity index is 0.000000540. The zero-order valence-corrected chi connectivity index (χ0v) is 20.5. The third-order valence-corrected chi connectivity index (χ3v) is 5.25. The van der Waals surface area contributed by atoms with Crippen molar-refractivity contribution < 1.29 is 9.53 Å². The molecule has 172 valence electrons. The van der Waals surface area contributed by atoms with Crippen molar-refractivity contribution in [2.24, 2.45) is 5.92 Å². The van der Waals surface area contributed by atoms with Gasteiger partial charge in [0.25, 0.3) is 0 Å². The molecule has 1 aromatic carbocycles. The van der Waals surface area contributed by atoms with Gasteiger partial charge in [0.2, 0.25) is 0 Å². The summed E-state index contributed by atoms with van der Waals surface area (Å²) in [7, 11) is 0. The van der Waals surface area contributed by atoms with Crippen LogP contribution in [0.3, 0.4) is 0 Å². The van der Waals surface area contributed by atoms with Gasteiger partial charge < -0.3 is 4.74 Å². The largest absolute Gasteiger partial charge is 0.463 e. The summed E-state index contributed by atoms with van der Waals surface area (Å²) in [5, 5.41) is 0. The molecule has 0 aromatic heterocycles. The second kappa shape index (κ2) is 20.7. The van der Waals surface area contributed by atoms with Crippen LogP contribution in [0.1, 0.15) is 111 Å². The molecule has 1 aromatic rings. The molecule has 2 nitrogen and oxygen atoms in total. The Labute approximate surface area is 187 Å². The molecule has 2 heteroatoms. The highest BCUT2D eigenvalue weighted by molar-refractivity contribution is 5.69. The van der Waals surface area contributed by atoms with Crippen molar-refractivity contribution in [2.45, 2.75) is 118 Å². The van der Waals surface area contributed by atoms with E-state index in [2.05, 4.69) is 36.4 Å². The van der Waals surface area contributed by atoms with Gasteiger partial charge in [-0.3, -0.25) is 4.79 Å². The van der Waals surface area contributed by atoms with Crippen molar-refractivity contribution in [3.63, 3.8) is 0 Å². The van der Waals surface area contributed by atoms with Gasteiger partial charge in [-0.15, -0.1) is 0 Å². The molecular formula is C28H48O2. The molecule has 0 unspecified atom stereocenters.